The minimum atomic E-state index is -0.354. The van der Waals surface area contributed by atoms with Crippen molar-refractivity contribution in [2.45, 2.75) is 31.4 Å². The summed E-state index contributed by atoms with van der Waals surface area (Å²) in [6, 6.07) is 6.29. The second kappa shape index (κ2) is 5.89. The van der Waals surface area contributed by atoms with E-state index in [1.807, 2.05) is 0 Å². The van der Waals surface area contributed by atoms with E-state index < -0.39 is 0 Å². The van der Waals surface area contributed by atoms with Crippen molar-refractivity contribution in [2.75, 3.05) is 13.1 Å². The van der Waals surface area contributed by atoms with Crippen LogP contribution in [-0.4, -0.2) is 47.7 Å². The van der Waals surface area contributed by atoms with Crippen LogP contribution in [0.2, 0.25) is 0 Å². The quantitative estimate of drug-likeness (QED) is 0.889. The Morgan fingerprint density at radius 3 is 2.92 bits per heavy atom. The highest BCUT2D eigenvalue weighted by Gasteiger charge is 2.46. The van der Waals surface area contributed by atoms with Crippen molar-refractivity contribution in [1.29, 1.82) is 0 Å². The largest absolute Gasteiger partial charge is 0.389 e. The summed E-state index contributed by atoms with van der Waals surface area (Å²) >= 11 is 0. The molecular weight excluding hydrogens is 313 g/mol. The van der Waals surface area contributed by atoms with Gasteiger partial charge in [0.2, 0.25) is 5.91 Å². The van der Waals surface area contributed by atoms with Crippen LogP contribution in [0.15, 0.2) is 29.4 Å². The molecule has 24 heavy (non-hydrogen) atoms. The summed E-state index contributed by atoms with van der Waals surface area (Å²) in [5.41, 5.74) is 1.02. The van der Waals surface area contributed by atoms with E-state index in [2.05, 4.69) is 10.5 Å². The van der Waals surface area contributed by atoms with Crippen LogP contribution in [-0.2, 0) is 20.8 Å². The van der Waals surface area contributed by atoms with Crippen LogP contribution in [0, 0.1) is 11.7 Å². The molecule has 1 saturated heterocycles. The number of benzene rings is 1. The molecule has 1 aromatic rings. The highest BCUT2D eigenvalue weighted by Crippen LogP contribution is 2.28. The summed E-state index contributed by atoms with van der Waals surface area (Å²) in [6.07, 6.45) is 1.89. The molecule has 2 aliphatic heterocycles. The minimum absolute atomic E-state index is 0.0967. The fourth-order valence-corrected chi connectivity index (χ4v) is 3.17. The molecule has 4 rings (SSSR count). The Bertz CT molecular complexity index is 717. The first-order chi connectivity index (χ1) is 11.6. The van der Waals surface area contributed by atoms with Crippen molar-refractivity contribution in [3.05, 3.63) is 35.6 Å². The fraction of sp³-hybridized carbons (Fsp3) is 0.471. The highest BCUT2D eigenvalue weighted by molar-refractivity contribution is 6.40. The maximum Gasteiger partial charge on any atom is 0.269 e. The monoisotopic (exact) mass is 331 g/mol. The van der Waals surface area contributed by atoms with E-state index in [1.165, 1.54) is 12.1 Å². The van der Waals surface area contributed by atoms with Gasteiger partial charge in [0.15, 0.2) is 11.8 Å². The lowest BCUT2D eigenvalue weighted by Gasteiger charge is -2.16. The Balaban J connectivity index is 1.38. The van der Waals surface area contributed by atoms with Gasteiger partial charge in [0.1, 0.15) is 5.82 Å². The van der Waals surface area contributed by atoms with Gasteiger partial charge in [-0.2, -0.15) is 0 Å². The van der Waals surface area contributed by atoms with Gasteiger partial charge in [-0.05, 0) is 30.5 Å². The Hall–Kier alpha value is -2.44. The van der Waals surface area contributed by atoms with Gasteiger partial charge in [-0.25, -0.2) is 4.39 Å². The number of amides is 2. The zero-order chi connectivity index (χ0) is 16.7. The Kier molecular flexibility index (Phi) is 3.70. The summed E-state index contributed by atoms with van der Waals surface area (Å²) in [7, 11) is 0. The fourth-order valence-electron chi connectivity index (χ4n) is 3.17. The molecule has 6 nitrogen and oxygen atoms in total. The molecule has 3 aliphatic rings. The predicted molar refractivity (Wildman–Crippen MR) is 83.6 cm³/mol. The Morgan fingerprint density at radius 2 is 2.17 bits per heavy atom. The van der Waals surface area contributed by atoms with Crippen molar-refractivity contribution >= 4 is 17.5 Å². The van der Waals surface area contributed by atoms with Crippen LogP contribution in [0.1, 0.15) is 18.4 Å². The van der Waals surface area contributed by atoms with Gasteiger partial charge >= 0.3 is 0 Å². The number of hydrogen-bond acceptors (Lipinski definition) is 4. The highest BCUT2D eigenvalue weighted by atomic mass is 19.1. The van der Waals surface area contributed by atoms with E-state index in [1.54, 1.807) is 17.0 Å². The molecule has 1 saturated carbocycles. The number of halogens is 1. The van der Waals surface area contributed by atoms with Crippen LogP contribution in [0.25, 0.3) is 0 Å². The van der Waals surface area contributed by atoms with Gasteiger partial charge in [0.25, 0.3) is 5.91 Å². The van der Waals surface area contributed by atoms with Crippen LogP contribution in [0.4, 0.5) is 4.39 Å². The van der Waals surface area contributed by atoms with Gasteiger partial charge < -0.3 is 15.1 Å². The lowest BCUT2D eigenvalue weighted by molar-refractivity contribution is -0.130. The van der Waals surface area contributed by atoms with Crippen LogP contribution in [0.5, 0.6) is 0 Å². The van der Waals surface area contributed by atoms with Crippen LogP contribution >= 0.6 is 0 Å². The number of oxime groups is 1. The number of nitrogens with zero attached hydrogens (tertiary/aromatic N) is 2. The molecular formula is C17H18FN3O3. The molecule has 0 radical (unpaired) electrons. The van der Waals surface area contributed by atoms with E-state index in [0.717, 1.165) is 12.8 Å². The van der Waals surface area contributed by atoms with Crippen LogP contribution in [0.3, 0.4) is 0 Å². The summed E-state index contributed by atoms with van der Waals surface area (Å²) in [5.74, 6) is -0.821. The second-order valence-corrected chi connectivity index (χ2v) is 6.58. The number of hydrogen-bond donors (Lipinski definition) is 1. The first kappa shape index (κ1) is 15.1. The smallest absolute Gasteiger partial charge is 0.269 e. The molecule has 0 bridgehead atoms. The molecule has 2 heterocycles. The van der Waals surface area contributed by atoms with Gasteiger partial charge in [-0.1, -0.05) is 17.3 Å². The van der Waals surface area contributed by atoms with E-state index in [4.69, 9.17) is 4.84 Å². The third-order valence-corrected chi connectivity index (χ3v) is 4.65. The molecule has 1 N–H and O–H groups in total. The topological polar surface area (TPSA) is 71.0 Å². The Labute approximate surface area is 138 Å². The van der Waals surface area contributed by atoms with Gasteiger partial charge in [-0.3, -0.25) is 9.59 Å². The molecule has 2 fully saturated rings. The van der Waals surface area contributed by atoms with Crippen LogP contribution < -0.4 is 5.32 Å². The number of rotatable bonds is 4. The molecule has 1 aliphatic carbocycles. The van der Waals surface area contributed by atoms with E-state index >= 15 is 0 Å². The van der Waals surface area contributed by atoms with Crippen molar-refractivity contribution in [2.24, 2.45) is 11.1 Å². The van der Waals surface area contributed by atoms with Crippen molar-refractivity contribution in [1.82, 2.24) is 10.2 Å². The van der Waals surface area contributed by atoms with E-state index in [-0.39, 0.29) is 42.1 Å². The molecule has 0 aromatic heterocycles. The first-order valence-electron chi connectivity index (χ1n) is 8.17. The average molecular weight is 331 g/mol. The van der Waals surface area contributed by atoms with E-state index in [9.17, 15) is 14.0 Å². The van der Waals surface area contributed by atoms with Crippen molar-refractivity contribution in [3.8, 4) is 0 Å². The van der Waals surface area contributed by atoms with E-state index in [0.29, 0.717) is 24.4 Å². The molecule has 0 spiro atoms. The lowest BCUT2D eigenvalue weighted by atomic mass is 10.0. The number of carbonyl (C=O) groups excluding carboxylic acids is 2. The van der Waals surface area contributed by atoms with Crippen molar-refractivity contribution in [3.63, 3.8) is 0 Å². The summed E-state index contributed by atoms with van der Waals surface area (Å²) in [6.45, 7) is 0.818. The van der Waals surface area contributed by atoms with Gasteiger partial charge in [0, 0.05) is 12.6 Å². The van der Waals surface area contributed by atoms with Crippen molar-refractivity contribution < 1.29 is 18.8 Å². The minimum Gasteiger partial charge on any atom is -0.389 e. The summed E-state index contributed by atoms with van der Waals surface area (Å²) in [4.78, 5) is 31.6. The molecule has 1 aromatic carbocycles. The second-order valence-electron chi connectivity index (χ2n) is 6.58. The predicted octanol–water partition coefficient (Wildman–Crippen LogP) is 0.860. The van der Waals surface area contributed by atoms with Gasteiger partial charge in [-0.15, -0.1) is 0 Å². The standard InChI is InChI=1S/C17H18FN3O3/c18-11-3-1-2-10(6-11)7-15(22)21-8-13-14(9-21)24-20-16(13)17(23)19-12-4-5-12/h1-3,6,12-14H,4-5,7-9H2,(H,19,23)/t13-,14+/m0/s1. The molecule has 2 atom stereocenters. The summed E-state index contributed by atoms with van der Waals surface area (Å²) in [5, 5.41) is 6.81. The third-order valence-electron chi connectivity index (χ3n) is 4.65. The number of likely N-dealkylation sites (tertiary alicyclic amines) is 1. The normalized spacial score (nSPS) is 25.0. The third kappa shape index (κ3) is 2.98. The maximum absolute atomic E-state index is 13.2. The molecule has 126 valence electrons. The maximum atomic E-state index is 13.2. The number of nitrogens with one attached hydrogen (secondary N) is 1. The number of fused-ring (bicyclic) bond motifs is 1. The first-order valence-corrected chi connectivity index (χ1v) is 8.17. The number of carbonyl (C=O) groups is 2. The lowest BCUT2D eigenvalue weighted by Crippen LogP contribution is -2.38. The molecule has 7 heteroatoms. The zero-order valence-corrected chi connectivity index (χ0v) is 13.1. The summed E-state index contributed by atoms with van der Waals surface area (Å²) < 4.78 is 13.2. The van der Waals surface area contributed by atoms with Gasteiger partial charge in [0.05, 0.1) is 18.9 Å². The SMILES string of the molecule is O=C(NC1CC1)C1=NO[C@@H]2CN(C(=O)Cc3cccc(F)c3)C[C@H]12. The Morgan fingerprint density at radius 1 is 1.33 bits per heavy atom. The average Bonchev–Trinajstić information content (AvgIpc) is 3.10. The zero-order valence-electron chi connectivity index (χ0n) is 13.1. The molecule has 2 amide bonds. The molecule has 0 unspecified atom stereocenters.